The summed E-state index contributed by atoms with van der Waals surface area (Å²) in [5.74, 6) is 0. The summed E-state index contributed by atoms with van der Waals surface area (Å²) in [7, 11) is 0. The van der Waals surface area contributed by atoms with Crippen LogP contribution < -0.4 is 4.90 Å². The SMILES string of the molecule is c1ccc(-c2ccc(-c3ccc(N(c4ccc(-c5ccccc5)cc4)c4cccc(-c5ccc6c(c5)-c5ccccc5C65c6ccccc6C6(c7ccccc7-c7ccccc76)c6ccccc65)c4)cc3)cc2)cc1. The lowest BCUT2D eigenvalue weighted by molar-refractivity contribution is 0.633. The Morgan fingerprint density at radius 1 is 0.173 bits per heavy atom. The number of fused-ring (bicyclic) bond motifs is 16. The van der Waals surface area contributed by atoms with Gasteiger partial charge in [-0.3, -0.25) is 0 Å². The minimum atomic E-state index is -0.532. The van der Waals surface area contributed by atoms with Gasteiger partial charge in [-0.2, -0.15) is 0 Å². The summed E-state index contributed by atoms with van der Waals surface area (Å²) in [5.41, 5.74) is 27.8. The number of rotatable bonds is 7. The van der Waals surface area contributed by atoms with E-state index in [1.54, 1.807) is 0 Å². The molecule has 0 bridgehead atoms. The van der Waals surface area contributed by atoms with E-state index in [-0.39, 0.29) is 0 Å². The fraction of sp³-hybridized carbons (Fsp3) is 0.0270. The van der Waals surface area contributed by atoms with Crippen LogP contribution >= 0.6 is 0 Å². The molecule has 0 aromatic heterocycles. The average Bonchev–Trinajstić information content (AvgIpc) is 3.96. The molecule has 3 aliphatic rings. The van der Waals surface area contributed by atoms with Crippen LogP contribution in [0.2, 0.25) is 0 Å². The van der Waals surface area contributed by atoms with Gasteiger partial charge in [0, 0.05) is 17.1 Å². The molecule has 12 aromatic carbocycles. The van der Waals surface area contributed by atoms with E-state index in [0.717, 1.165) is 22.6 Å². The van der Waals surface area contributed by atoms with Crippen LogP contribution in [0.5, 0.6) is 0 Å². The number of benzene rings is 12. The van der Waals surface area contributed by atoms with Gasteiger partial charge < -0.3 is 4.90 Å². The summed E-state index contributed by atoms with van der Waals surface area (Å²) in [6, 6.07) is 111. The summed E-state index contributed by atoms with van der Waals surface area (Å²) in [5, 5.41) is 0. The lowest BCUT2D eigenvalue weighted by Gasteiger charge is -2.48. The molecule has 1 nitrogen and oxygen atoms in total. The molecule has 0 saturated heterocycles. The average molecular weight is 952 g/mol. The third kappa shape index (κ3) is 6.38. The Labute approximate surface area is 439 Å². The van der Waals surface area contributed by atoms with Gasteiger partial charge >= 0.3 is 0 Å². The predicted octanol–water partition coefficient (Wildman–Crippen LogP) is 18.9. The predicted molar refractivity (Wildman–Crippen MR) is 311 cm³/mol. The maximum absolute atomic E-state index is 2.47. The van der Waals surface area contributed by atoms with E-state index in [1.807, 2.05) is 0 Å². The Balaban J connectivity index is 0.859. The first-order valence-electron chi connectivity index (χ1n) is 26.2. The van der Waals surface area contributed by atoms with E-state index in [0.29, 0.717) is 0 Å². The maximum Gasteiger partial charge on any atom is 0.0720 e. The van der Waals surface area contributed by atoms with Gasteiger partial charge in [-0.15, -0.1) is 0 Å². The molecular formula is C74H49N. The van der Waals surface area contributed by atoms with Crippen molar-refractivity contribution in [2.75, 3.05) is 4.90 Å². The van der Waals surface area contributed by atoms with Gasteiger partial charge in [0.05, 0.1) is 10.8 Å². The highest BCUT2D eigenvalue weighted by Gasteiger charge is 2.58. The summed E-state index contributed by atoms with van der Waals surface area (Å²) in [4.78, 5) is 2.39. The van der Waals surface area contributed by atoms with E-state index >= 15 is 0 Å². The van der Waals surface area contributed by atoms with Crippen LogP contribution in [0.1, 0.15) is 44.5 Å². The molecule has 0 aliphatic heterocycles. The monoisotopic (exact) mass is 951 g/mol. The highest BCUT2D eigenvalue weighted by molar-refractivity contribution is 5.95. The van der Waals surface area contributed by atoms with Crippen LogP contribution in [0.15, 0.2) is 297 Å². The first kappa shape index (κ1) is 43.1. The highest BCUT2D eigenvalue weighted by atomic mass is 15.1. The van der Waals surface area contributed by atoms with Crippen molar-refractivity contribution < 1.29 is 0 Å². The minimum Gasteiger partial charge on any atom is -0.310 e. The Hall–Kier alpha value is -9.56. The van der Waals surface area contributed by atoms with Crippen LogP contribution in [0.25, 0.3) is 66.8 Å². The third-order valence-electron chi connectivity index (χ3n) is 16.6. The molecule has 0 unspecified atom stereocenters. The van der Waals surface area contributed by atoms with E-state index in [1.165, 1.54) is 106 Å². The van der Waals surface area contributed by atoms with Gasteiger partial charge in [-0.05, 0) is 154 Å². The van der Waals surface area contributed by atoms with Crippen molar-refractivity contribution in [1.82, 2.24) is 0 Å². The quantitative estimate of drug-likeness (QED) is 0.154. The van der Waals surface area contributed by atoms with Crippen LogP contribution in [0.4, 0.5) is 17.1 Å². The molecule has 350 valence electrons. The van der Waals surface area contributed by atoms with E-state index in [4.69, 9.17) is 0 Å². The van der Waals surface area contributed by atoms with Gasteiger partial charge in [-0.1, -0.05) is 255 Å². The van der Waals surface area contributed by atoms with Crippen LogP contribution in [0, 0.1) is 0 Å². The highest BCUT2D eigenvalue weighted by Crippen LogP contribution is 2.67. The molecule has 12 aromatic rings. The van der Waals surface area contributed by atoms with Crippen molar-refractivity contribution in [3.8, 4) is 66.8 Å². The number of hydrogen-bond donors (Lipinski definition) is 0. The van der Waals surface area contributed by atoms with Crippen molar-refractivity contribution in [3.63, 3.8) is 0 Å². The molecule has 0 saturated carbocycles. The lowest BCUT2D eigenvalue weighted by Crippen LogP contribution is -2.43. The zero-order valence-electron chi connectivity index (χ0n) is 41.2. The molecule has 0 atom stereocenters. The molecule has 2 spiro atoms. The standard InChI is InChI=1S/C74H49N/c1-3-18-50(19-4-1)52-34-36-53(37-35-52)55-40-45-59(46-41-55)75(58-43-38-54(39-44-58)51-20-5-2-6-21-51)60-23-17-22-56(48-60)57-42-47-68-64(49-57)63-26-9-12-29-67(63)74(68)71-32-15-13-30-69(71)73(70-31-14-16-33-72(70)74)65-27-10-7-24-61(65)62-25-8-11-28-66(62)73/h1-49H. The second-order valence-corrected chi connectivity index (χ2v) is 20.3. The van der Waals surface area contributed by atoms with Crippen molar-refractivity contribution in [3.05, 3.63) is 342 Å². The Kier molecular flexibility index (Phi) is 9.77. The van der Waals surface area contributed by atoms with Crippen LogP contribution in [-0.4, -0.2) is 0 Å². The molecule has 0 amide bonds. The van der Waals surface area contributed by atoms with E-state index < -0.39 is 10.8 Å². The Morgan fingerprint density at radius 2 is 0.467 bits per heavy atom. The fourth-order valence-corrected chi connectivity index (χ4v) is 13.4. The summed E-state index contributed by atoms with van der Waals surface area (Å²) >= 11 is 0. The van der Waals surface area contributed by atoms with Crippen molar-refractivity contribution >= 4 is 17.1 Å². The normalized spacial score (nSPS) is 13.5. The fourth-order valence-electron chi connectivity index (χ4n) is 13.4. The first-order chi connectivity index (χ1) is 37.2. The van der Waals surface area contributed by atoms with Crippen LogP contribution in [0.3, 0.4) is 0 Å². The third-order valence-corrected chi connectivity index (χ3v) is 16.6. The van der Waals surface area contributed by atoms with Crippen molar-refractivity contribution in [2.24, 2.45) is 0 Å². The van der Waals surface area contributed by atoms with Gasteiger partial charge in [-0.25, -0.2) is 0 Å². The van der Waals surface area contributed by atoms with E-state index in [2.05, 4.69) is 302 Å². The molecule has 0 N–H and O–H groups in total. The largest absolute Gasteiger partial charge is 0.310 e. The van der Waals surface area contributed by atoms with Gasteiger partial charge in [0.1, 0.15) is 0 Å². The lowest BCUT2D eigenvalue weighted by atomic mass is 9.52. The second-order valence-electron chi connectivity index (χ2n) is 20.3. The number of anilines is 3. The summed E-state index contributed by atoms with van der Waals surface area (Å²) in [6.07, 6.45) is 0. The van der Waals surface area contributed by atoms with Gasteiger partial charge in [0.2, 0.25) is 0 Å². The Bertz CT molecular complexity index is 4060. The van der Waals surface area contributed by atoms with Gasteiger partial charge in [0.25, 0.3) is 0 Å². The minimum absolute atomic E-state index is 0.466. The molecular weight excluding hydrogens is 903 g/mol. The second kappa shape index (κ2) is 17.0. The summed E-state index contributed by atoms with van der Waals surface area (Å²) in [6.45, 7) is 0. The molecule has 75 heavy (non-hydrogen) atoms. The molecule has 0 radical (unpaired) electrons. The number of nitrogens with zero attached hydrogens (tertiary/aromatic N) is 1. The first-order valence-corrected chi connectivity index (χ1v) is 26.2. The molecule has 0 fully saturated rings. The van der Waals surface area contributed by atoms with Crippen molar-refractivity contribution in [1.29, 1.82) is 0 Å². The molecule has 3 aliphatic carbocycles. The molecule has 0 heterocycles. The molecule has 15 rings (SSSR count). The maximum atomic E-state index is 2.47. The smallest absolute Gasteiger partial charge is 0.0720 e. The number of hydrogen-bond acceptors (Lipinski definition) is 1. The zero-order valence-corrected chi connectivity index (χ0v) is 41.2. The zero-order chi connectivity index (χ0) is 49.5. The molecule has 1 heteroatoms. The van der Waals surface area contributed by atoms with Crippen LogP contribution in [-0.2, 0) is 10.8 Å². The van der Waals surface area contributed by atoms with Crippen molar-refractivity contribution in [2.45, 2.75) is 10.8 Å². The van der Waals surface area contributed by atoms with E-state index in [9.17, 15) is 0 Å². The Morgan fingerprint density at radius 3 is 0.893 bits per heavy atom. The van der Waals surface area contributed by atoms with Gasteiger partial charge in [0.15, 0.2) is 0 Å². The summed E-state index contributed by atoms with van der Waals surface area (Å²) < 4.78 is 0. The topological polar surface area (TPSA) is 3.24 Å².